The van der Waals surface area contributed by atoms with Crippen molar-refractivity contribution in [3.05, 3.63) is 34.6 Å². The van der Waals surface area contributed by atoms with E-state index in [0.717, 1.165) is 22.7 Å². The minimum absolute atomic E-state index is 0.258. The first-order valence-electron chi connectivity index (χ1n) is 4.97. The zero-order chi connectivity index (χ0) is 12.4. The number of nitrogens with zero attached hydrogens (tertiary/aromatic N) is 2. The number of rotatable bonds is 3. The molecule has 0 spiro atoms. The van der Waals surface area contributed by atoms with Crippen molar-refractivity contribution in [2.75, 3.05) is 5.32 Å². The lowest BCUT2D eigenvalue weighted by Crippen LogP contribution is -1.94. The van der Waals surface area contributed by atoms with Crippen LogP contribution in [0.25, 0.3) is 0 Å². The van der Waals surface area contributed by atoms with Crippen LogP contribution in [0.3, 0.4) is 0 Å². The fraction of sp³-hybridized carbons (Fsp3) is 0.182. The summed E-state index contributed by atoms with van der Waals surface area (Å²) in [7, 11) is 0. The molecule has 0 unspecified atom stereocenters. The molecule has 0 amide bonds. The summed E-state index contributed by atoms with van der Waals surface area (Å²) >= 11 is 1.12. The number of hydrogen-bond acceptors (Lipinski definition) is 5. The van der Waals surface area contributed by atoms with Crippen molar-refractivity contribution >= 4 is 28.1 Å². The average Bonchev–Trinajstić information content (AvgIpc) is 2.63. The Bertz CT molecular complexity index is 566. The molecule has 0 aliphatic heterocycles. The lowest BCUT2D eigenvalue weighted by Gasteiger charge is -2.04. The van der Waals surface area contributed by atoms with Crippen LogP contribution in [0.4, 0.5) is 10.8 Å². The molecule has 0 saturated heterocycles. The van der Waals surface area contributed by atoms with E-state index < -0.39 is 5.97 Å². The second-order valence-electron chi connectivity index (χ2n) is 3.50. The number of aromatic nitrogens is 2. The number of aryl methyl sites for hydroxylation is 2. The Morgan fingerprint density at radius 3 is 2.76 bits per heavy atom. The zero-order valence-corrected chi connectivity index (χ0v) is 10.2. The van der Waals surface area contributed by atoms with E-state index in [2.05, 4.69) is 15.3 Å². The van der Waals surface area contributed by atoms with E-state index in [1.54, 1.807) is 13.1 Å². The number of pyridine rings is 1. The van der Waals surface area contributed by atoms with Gasteiger partial charge in [-0.05, 0) is 26.0 Å². The molecule has 88 valence electrons. The summed E-state index contributed by atoms with van der Waals surface area (Å²) in [5, 5.41) is 12.6. The maximum atomic E-state index is 10.9. The molecule has 0 bridgehead atoms. The summed E-state index contributed by atoms with van der Waals surface area (Å²) < 4.78 is 0. The van der Waals surface area contributed by atoms with E-state index in [9.17, 15) is 4.79 Å². The van der Waals surface area contributed by atoms with Gasteiger partial charge in [-0.15, -0.1) is 0 Å². The van der Waals surface area contributed by atoms with Gasteiger partial charge in [0.2, 0.25) is 0 Å². The van der Waals surface area contributed by atoms with Crippen LogP contribution in [0, 0.1) is 13.8 Å². The maximum Gasteiger partial charge on any atom is 0.347 e. The molecule has 6 heteroatoms. The third-order valence-corrected chi connectivity index (χ3v) is 3.30. The van der Waals surface area contributed by atoms with Crippen molar-refractivity contribution in [2.45, 2.75) is 13.8 Å². The summed E-state index contributed by atoms with van der Waals surface area (Å²) in [6.45, 7) is 3.56. The molecule has 2 rings (SSSR count). The van der Waals surface area contributed by atoms with Gasteiger partial charge in [-0.3, -0.25) is 4.98 Å². The SMILES string of the molecule is Cc1ncccc1Nc1nc(C)c(C(=O)O)s1. The average molecular weight is 249 g/mol. The highest BCUT2D eigenvalue weighted by molar-refractivity contribution is 7.17. The van der Waals surface area contributed by atoms with Crippen molar-refractivity contribution < 1.29 is 9.90 Å². The Morgan fingerprint density at radius 1 is 1.41 bits per heavy atom. The van der Waals surface area contributed by atoms with Gasteiger partial charge in [0.1, 0.15) is 4.88 Å². The number of aromatic carboxylic acids is 1. The number of nitrogens with one attached hydrogen (secondary N) is 1. The number of hydrogen-bond donors (Lipinski definition) is 2. The van der Waals surface area contributed by atoms with Gasteiger partial charge >= 0.3 is 5.97 Å². The molecule has 0 saturated carbocycles. The van der Waals surface area contributed by atoms with E-state index in [1.807, 2.05) is 19.1 Å². The topological polar surface area (TPSA) is 75.1 Å². The third kappa shape index (κ3) is 2.42. The molecule has 0 radical (unpaired) electrons. The van der Waals surface area contributed by atoms with Gasteiger partial charge in [-0.25, -0.2) is 9.78 Å². The van der Waals surface area contributed by atoms with Gasteiger partial charge < -0.3 is 10.4 Å². The standard InChI is InChI=1S/C11H11N3O2S/c1-6-8(4-3-5-12-6)14-11-13-7(2)9(17-11)10(15)16/h3-5H,1-2H3,(H,13,14)(H,15,16). The Morgan fingerprint density at radius 2 is 2.18 bits per heavy atom. The number of carbonyl (C=O) groups is 1. The maximum absolute atomic E-state index is 10.9. The highest BCUT2D eigenvalue weighted by atomic mass is 32.1. The number of carboxylic acid groups (broad SMARTS) is 1. The van der Waals surface area contributed by atoms with E-state index in [0.29, 0.717) is 10.8 Å². The highest BCUT2D eigenvalue weighted by Gasteiger charge is 2.14. The molecular weight excluding hydrogens is 238 g/mol. The van der Waals surface area contributed by atoms with E-state index >= 15 is 0 Å². The molecule has 0 atom stereocenters. The predicted octanol–water partition coefficient (Wildman–Crippen LogP) is 2.60. The van der Waals surface area contributed by atoms with Crippen LogP contribution in [0.15, 0.2) is 18.3 Å². The fourth-order valence-electron chi connectivity index (χ4n) is 1.38. The predicted molar refractivity (Wildman–Crippen MR) is 66.1 cm³/mol. The van der Waals surface area contributed by atoms with Gasteiger partial charge in [0.15, 0.2) is 5.13 Å². The molecule has 0 aliphatic carbocycles. The molecule has 2 aromatic rings. The van der Waals surface area contributed by atoms with E-state index in [4.69, 9.17) is 5.11 Å². The summed E-state index contributed by atoms with van der Waals surface area (Å²) in [4.78, 5) is 19.4. The Balaban J connectivity index is 2.28. The number of thiazole rings is 1. The van der Waals surface area contributed by atoms with Crippen molar-refractivity contribution in [3.8, 4) is 0 Å². The summed E-state index contributed by atoms with van der Waals surface area (Å²) in [5.74, 6) is -0.948. The molecule has 2 heterocycles. The van der Waals surface area contributed by atoms with Crippen molar-refractivity contribution in [2.24, 2.45) is 0 Å². The monoisotopic (exact) mass is 249 g/mol. The molecule has 0 aromatic carbocycles. The van der Waals surface area contributed by atoms with Crippen LogP contribution in [-0.4, -0.2) is 21.0 Å². The Kier molecular flexibility index (Phi) is 3.06. The molecule has 5 nitrogen and oxygen atoms in total. The van der Waals surface area contributed by atoms with Gasteiger partial charge in [0.25, 0.3) is 0 Å². The second-order valence-corrected chi connectivity index (χ2v) is 4.50. The first kappa shape index (κ1) is 11.5. The lowest BCUT2D eigenvalue weighted by molar-refractivity contribution is 0.0701. The number of anilines is 2. The third-order valence-electron chi connectivity index (χ3n) is 2.24. The largest absolute Gasteiger partial charge is 0.477 e. The van der Waals surface area contributed by atoms with Crippen molar-refractivity contribution in [1.29, 1.82) is 0 Å². The quantitative estimate of drug-likeness (QED) is 0.874. The summed E-state index contributed by atoms with van der Waals surface area (Å²) in [6.07, 6.45) is 1.70. The molecule has 0 aliphatic rings. The minimum atomic E-state index is -0.948. The smallest absolute Gasteiger partial charge is 0.347 e. The summed E-state index contributed by atoms with van der Waals surface area (Å²) in [5.41, 5.74) is 2.20. The van der Waals surface area contributed by atoms with Gasteiger partial charge in [-0.2, -0.15) is 0 Å². The summed E-state index contributed by atoms with van der Waals surface area (Å²) in [6, 6.07) is 3.69. The van der Waals surface area contributed by atoms with Gasteiger partial charge in [-0.1, -0.05) is 11.3 Å². The molecule has 0 fully saturated rings. The lowest BCUT2D eigenvalue weighted by atomic mass is 10.3. The van der Waals surface area contributed by atoms with E-state index in [-0.39, 0.29) is 4.88 Å². The Labute approximate surface area is 102 Å². The van der Waals surface area contributed by atoms with Crippen LogP contribution in [-0.2, 0) is 0 Å². The molecular formula is C11H11N3O2S. The van der Waals surface area contributed by atoms with Gasteiger partial charge in [0, 0.05) is 6.20 Å². The van der Waals surface area contributed by atoms with Crippen LogP contribution >= 0.6 is 11.3 Å². The second kappa shape index (κ2) is 4.50. The van der Waals surface area contributed by atoms with Crippen LogP contribution in [0.2, 0.25) is 0 Å². The zero-order valence-electron chi connectivity index (χ0n) is 9.39. The van der Waals surface area contributed by atoms with Gasteiger partial charge in [0.05, 0.1) is 17.1 Å². The minimum Gasteiger partial charge on any atom is -0.477 e. The molecule has 2 aromatic heterocycles. The molecule has 17 heavy (non-hydrogen) atoms. The fourth-order valence-corrected chi connectivity index (χ4v) is 2.20. The van der Waals surface area contributed by atoms with E-state index in [1.165, 1.54) is 0 Å². The first-order valence-corrected chi connectivity index (χ1v) is 5.79. The van der Waals surface area contributed by atoms with Crippen LogP contribution < -0.4 is 5.32 Å². The normalized spacial score (nSPS) is 10.2. The van der Waals surface area contributed by atoms with Crippen LogP contribution in [0.1, 0.15) is 21.1 Å². The Hall–Kier alpha value is -1.95. The van der Waals surface area contributed by atoms with Crippen LogP contribution in [0.5, 0.6) is 0 Å². The van der Waals surface area contributed by atoms with Crippen molar-refractivity contribution in [3.63, 3.8) is 0 Å². The molecule has 2 N–H and O–H groups in total. The number of carboxylic acids is 1. The first-order chi connectivity index (χ1) is 8.08. The van der Waals surface area contributed by atoms with Crippen molar-refractivity contribution in [1.82, 2.24) is 9.97 Å². The highest BCUT2D eigenvalue weighted by Crippen LogP contribution is 2.26.